The molecule has 0 aliphatic heterocycles. The van der Waals surface area contributed by atoms with E-state index in [2.05, 4.69) is 86.0 Å². The second-order valence-electron chi connectivity index (χ2n) is 9.42. The first kappa shape index (κ1) is 20.9. The van der Waals surface area contributed by atoms with Gasteiger partial charge in [0.2, 0.25) is 0 Å². The molecule has 0 bridgehead atoms. The number of aromatic nitrogens is 4. The number of rotatable bonds is 3. The minimum absolute atomic E-state index is 0.927. The Kier molecular flexibility index (Phi) is 4.45. The van der Waals surface area contributed by atoms with Gasteiger partial charge in [0.25, 0.3) is 0 Å². The van der Waals surface area contributed by atoms with E-state index < -0.39 is 0 Å². The van der Waals surface area contributed by atoms with Gasteiger partial charge in [-0.3, -0.25) is 14.4 Å². The van der Waals surface area contributed by atoms with Crippen LogP contribution in [0.4, 0.5) is 17.1 Å². The molecule has 5 aromatic heterocycles. The predicted octanol–water partition coefficient (Wildman–Crippen LogP) is 8.21. The van der Waals surface area contributed by atoms with Crippen molar-refractivity contribution in [2.45, 2.75) is 0 Å². The molecule has 5 heterocycles. The Morgan fingerprint density at radius 1 is 0.526 bits per heavy atom. The van der Waals surface area contributed by atoms with Gasteiger partial charge in [0.05, 0.1) is 16.7 Å². The topological polar surface area (TPSA) is 46.3 Å². The fourth-order valence-electron chi connectivity index (χ4n) is 5.76. The Balaban J connectivity index is 1.65. The van der Waals surface area contributed by atoms with E-state index in [-0.39, 0.29) is 0 Å². The van der Waals surface area contributed by atoms with Crippen LogP contribution in [0.2, 0.25) is 0 Å². The van der Waals surface area contributed by atoms with Crippen LogP contribution in [0, 0.1) is 0 Å². The molecule has 5 nitrogen and oxygen atoms in total. The normalized spacial score (nSPS) is 11.7. The summed E-state index contributed by atoms with van der Waals surface area (Å²) in [6.45, 7) is 0. The van der Waals surface area contributed by atoms with E-state index in [1.807, 2.05) is 61.3 Å². The highest BCUT2D eigenvalue weighted by molar-refractivity contribution is 6.23. The molecule has 0 saturated carbocycles. The Hall–Kier alpha value is -5.29. The third-order valence-corrected chi connectivity index (χ3v) is 7.34. The standard InChI is InChI=1S/C33H21N5/c1-2-7-23-21-30-29(20-22(23)6-1)26-8-3-4-9-27(26)31-32(28-10-5-15-36-33(28)38(30)31)37(24-11-16-34-17-12-24)25-13-18-35-19-14-25/h1-21H. The quantitative estimate of drug-likeness (QED) is 0.186. The Morgan fingerprint density at radius 3 is 1.84 bits per heavy atom. The van der Waals surface area contributed by atoms with Crippen LogP contribution in [0.1, 0.15) is 0 Å². The molecule has 3 aromatic carbocycles. The van der Waals surface area contributed by atoms with Crippen LogP contribution >= 0.6 is 0 Å². The summed E-state index contributed by atoms with van der Waals surface area (Å²) in [5, 5.41) is 7.11. The van der Waals surface area contributed by atoms with Gasteiger partial charge in [0, 0.05) is 58.5 Å². The smallest absolute Gasteiger partial charge is 0.147 e. The van der Waals surface area contributed by atoms with Gasteiger partial charge in [-0.15, -0.1) is 0 Å². The zero-order valence-electron chi connectivity index (χ0n) is 20.4. The first-order chi connectivity index (χ1) is 18.9. The van der Waals surface area contributed by atoms with Crippen LogP contribution in [-0.4, -0.2) is 19.4 Å². The Labute approximate surface area is 218 Å². The van der Waals surface area contributed by atoms with Gasteiger partial charge in [0.15, 0.2) is 0 Å². The van der Waals surface area contributed by atoms with Crippen molar-refractivity contribution in [3.05, 3.63) is 128 Å². The van der Waals surface area contributed by atoms with Crippen LogP contribution in [0.5, 0.6) is 0 Å². The second-order valence-corrected chi connectivity index (χ2v) is 9.42. The summed E-state index contributed by atoms with van der Waals surface area (Å²) in [6, 6.07) is 34.2. The van der Waals surface area contributed by atoms with Gasteiger partial charge in [0.1, 0.15) is 5.65 Å². The van der Waals surface area contributed by atoms with Crippen LogP contribution in [0.3, 0.4) is 0 Å². The maximum absolute atomic E-state index is 4.95. The maximum Gasteiger partial charge on any atom is 0.147 e. The third kappa shape index (κ3) is 2.96. The number of hydrogen-bond donors (Lipinski definition) is 0. The zero-order chi connectivity index (χ0) is 25.1. The maximum atomic E-state index is 4.95. The summed E-state index contributed by atoms with van der Waals surface area (Å²) in [5.74, 6) is 0. The van der Waals surface area contributed by atoms with Gasteiger partial charge in [-0.25, -0.2) is 4.98 Å². The zero-order valence-corrected chi connectivity index (χ0v) is 20.4. The SMILES string of the molecule is c1ccc2cc3c(cc2c1)c1ccccc1c1c(N(c2ccncc2)c2ccncc2)c2cccnc2n31. The Morgan fingerprint density at radius 2 is 1.13 bits per heavy atom. The molecule has 8 aromatic rings. The highest BCUT2D eigenvalue weighted by atomic mass is 15.2. The van der Waals surface area contributed by atoms with Crippen molar-refractivity contribution >= 4 is 66.1 Å². The van der Waals surface area contributed by atoms with E-state index in [0.717, 1.165) is 39.1 Å². The lowest BCUT2D eigenvalue weighted by Gasteiger charge is -2.25. The van der Waals surface area contributed by atoms with E-state index in [4.69, 9.17) is 4.98 Å². The molecule has 0 amide bonds. The second kappa shape index (κ2) is 8.11. The van der Waals surface area contributed by atoms with Gasteiger partial charge in [-0.05, 0) is 64.7 Å². The van der Waals surface area contributed by atoms with Gasteiger partial charge < -0.3 is 4.90 Å². The molecule has 0 radical (unpaired) electrons. The molecule has 8 rings (SSSR count). The van der Waals surface area contributed by atoms with E-state index in [1.165, 1.54) is 26.9 Å². The number of fused-ring (bicyclic) bond motifs is 9. The van der Waals surface area contributed by atoms with E-state index in [0.29, 0.717) is 0 Å². The molecule has 0 aliphatic rings. The van der Waals surface area contributed by atoms with Crippen molar-refractivity contribution in [3.63, 3.8) is 0 Å². The largest absolute Gasteiger partial charge is 0.307 e. The minimum Gasteiger partial charge on any atom is -0.307 e. The van der Waals surface area contributed by atoms with Crippen LogP contribution < -0.4 is 4.90 Å². The first-order valence-electron chi connectivity index (χ1n) is 12.6. The summed E-state index contributed by atoms with van der Waals surface area (Å²) in [5.41, 5.74) is 6.30. The number of hydrogen-bond acceptors (Lipinski definition) is 4. The molecule has 178 valence electrons. The fourth-order valence-corrected chi connectivity index (χ4v) is 5.76. The van der Waals surface area contributed by atoms with Crippen LogP contribution in [0.25, 0.3) is 49.0 Å². The highest BCUT2D eigenvalue weighted by Crippen LogP contribution is 2.46. The highest BCUT2D eigenvalue weighted by Gasteiger charge is 2.25. The lowest BCUT2D eigenvalue weighted by atomic mass is 10.0. The molecule has 5 heteroatoms. The van der Waals surface area contributed by atoms with Crippen molar-refractivity contribution in [2.75, 3.05) is 4.90 Å². The van der Waals surface area contributed by atoms with Crippen LogP contribution in [0.15, 0.2) is 128 Å². The Bertz CT molecular complexity index is 2090. The lowest BCUT2D eigenvalue weighted by molar-refractivity contribution is 1.23. The average molecular weight is 488 g/mol. The first-order valence-corrected chi connectivity index (χ1v) is 12.6. The van der Waals surface area contributed by atoms with Crippen molar-refractivity contribution in [1.82, 2.24) is 19.4 Å². The molecule has 0 saturated heterocycles. The van der Waals surface area contributed by atoms with Crippen molar-refractivity contribution in [2.24, 2.45) is 0 Å². The third-order valence-electron chi connectivity index (χ3n) is 7.34. The van der Waals surface area contributed by atoms with E-state index >= 15 is 0 Å². The number of nitrogens with zero attached hydrogens (tertiary/aromatic N) is 5. The molecular formula is C33H21N5. The van der Waals surface area contributed by atoms with E-state index in [9.17, 15) is 0 Å². The number of anilines is 3. The monoisotopic (exact) mass is 487 g/mol. The summed E-state index contributed by atoms with van der Waals surface area (Å²) in [7, 11) is 0. The van der Waals surface area contributed by atoms with Crippen molar-refractivity contribution in [1.29, 1.82) is 0 Å². The molecule has 0 atom stereocenters. The molecule has 0 fully saturated rings. The summed E-state index contributed by atoms with van der Waals surface area (Å²) in [4.78, 5) is 15.8. The molecule has 0 spiro atoms. The molecule has 0 N–H and O–H groups in total. The molecular weight excluding hydrogens is 466 g/mol. The molecule has 38 heavy (non-hydrogen) atoms. The fraction of sp³-hybridized carbons (Fsp3) is 0. The minimum atomic E-state index is 0.927. The van der Waals surface area contributed by atoms with Gasteiger partial charge >= 0.3 is 0 Å². The number of benzene rings is 3. The molecule has 0 unspecified atom stereocenters. The number of pyridine rings is 4. The van der Waals surface area contributed by atoms with Crippen molar-refractivity contribution < 1.29 is 0 Å². The van der Waals surface area contributed by atoms with Gasteiger partial charge in [-0.2, -0.15) is 0 Å². The van der Waals surface area contributed by atoms with Gasteiger partial charge in [-0.1, -0.05) is 48.5 Å². The average Bonchev–Trinajstić information content (AvgIpc) is 3.33. The lowest BCUT2D eigenvalue weighted by Crippen LogP contribution is -2.10. The van der Waals surface area contributed by atoms with E-state index in [1.54, 1.807) is 0 Å². The summed E-state index contributed by atoms with van der Waals surface area (Å²) < 4.78 is 2.34. The van der Waals surface area contributed by atoms with Crippen LogP contribution in [-0.2, 0) is 0 Å². The summed E-state index contributed by atoms with van der Waals surface area (Å²) >= 11 is 0. The summed E-state index contributed by atoms with van der Waals surface area (Å²) in [6.07, 6.45) is 9.22. The molecule has 0 aliphatic carbocycles. The predicted molar refractivity (Wildman–Crippen MR) is 155 cm³/mol. The van der Waals surface area contributed by atoms with Crippen molar-refractivity contribution in [3.8, 4) is 0 Å².